The minimum atomic E-state index is -0.168. The average molecular weight is 196 g/mol. The topological polar surface area (TPSA) is 45.8 Å². The Bertz CT molecular complexity index is 700. The third-order valence-electron chi connectivity index (χ3n) is 2.48. The summed E-state index contributed by atoms with van der Waals surface area (Å²) in [4.78, 5) is 18.1. The average Bonchev–Trinajstić information content (AvgIpc) is 2.29. The molecule has 0 aliphatic carbocycles. The van der Waals surface area contributed by atoms with Crippen LogP contribution in [-0.2, 0) is 0 Å². The molecular formula is C12H8N2O. The van der Waals surface area contributed by atoms with E-state index in [0.717, 1.165) is 21.8 Å². The molecule has 0 amide bonds. The van der Waals surface area contributed by atoms with Gasteiger partial charge in [0, 0.05) is 5.39 Å². The standard InChI is InChI=1S/C12H8N2O/c15-11-7-13-10-6-5-8-3-1-2-4-9(8)12(10)14-11/h1-7H,(H,14,15). The second-order valence-corrected chi connectivity index (χ2v) is 3.43. The Morgan fingerprint density at radius 3 is 2.87 bits per heavy atom. The number of aromatic amines is 1. The predicted molar refractivity (Wildman–Crippen MR) is 59.9 cm³/mol. The first kappa shape index (κ1) is 8.17. The first-order valence-electron chi connectivity index (χ1n) is 4.71. The van der Waals surface area contributed by atoms with Crippen LogP contribution < -0.4 is 5.56 Å². The number of rotatable bonds is 0. The van der Waals surface area contributed by atoms with E-state index >= 15 is 0 Å². The van der Waals surface area contributed by atoms with Gasteiger partial charge in [-0.2, -0.15) is 0 Å². The highest BCUT2D eigenvalue weighted by atomic mass is 16.1. The third kappa shape index (κ3) is 1.21. The van der Waals surface area contributed by atoms with Gasteiger partial charge in [0.15, 0.2) is 0 Å². The van der Waals surface area contributed by atoms with Crippen molar-refractivity contribution in [1.29, 1.82) is 0 Å². The molecule has 72 valence electrons. The van der Waals surface area contributed by atoms with Crippen molar-refractivity contribution in [3.05, 3.63) is 52.9 Å². The molecule has 0 saturated heterocycles. The van der Waals surface area contributed by atoms with E-state index in [2.05, 4.69) is 9.97 Å². The molecular weight excluding hydrogens is 188 g/mol. The van der Waals surface area contributed by atoms with Crippen LogP contribution in [-0.4, -0.2) is 9.97 Å². The van der Waals surface area contributed by atoms with Crippen LogP contribution in [0, 0.1) is 0 Å². The quantitative estimate of drug-likeness (QED) is 0.559. The van der Waals surface area contributed by atoms with Crippen LogP contribution >= 0.6 is 0 Å². The maximum absolute atomic E-state index is 11.2. The van der Waals surface area contributed by atoms with Gasteiger partial charge in [0.2, 0.25) is 0 Å². The molecule has 1 heterocycles. The monoisotopic (exact) mass is 196 g/mol. The molecule has 0 atom stereocenters. The Hall–Kier alpha value is -2.16. The van der Waals surface area contributed by atoms with Crippen LogP contribution in [0.25, 0.3) is 21.8 Å². The highest BCUT2D eigenvalue weighted by Gasteiger charge is 2.00. The van der Waals surface area contributed by atoms with Crippen molar-refractivity contribution in [3.8, 4) is 0 Å². The van der Waals surface area contributed by atoms with E-state index in [4.69, 9.17) is 0 Å². The number of fused-ring (bicyclic) bond motifs is 3. The third-order valence-corrected chi connectivity index (χ3v) is 2.48. The molecule has 0 spiro atoms. The largest absolute Gasteiger partial charge is 0.319 e. The van der Waals surface area contributed by atoms with E-state index in [9.17, 15) is 4.79 Å². The molecule has 0 fully saturated rings. The van der Waals surface area contributed by atoms with Crippen LogP contribution in [0.1, 0.15) is 0 Å². The van der Waals surface area contributed by atoms with Gasteiger partial charge in [-0.05, 0) is 11.5 Å². The molecule has 0 saturated carbocycles. The van der Waals surface area contributed by atoms with Crippen molar-refractivity contribution in [1.82, 2.24) is 9.97 Å². The van der Waals surface area contributed by atoms with E-state index in [1.54, 1.807) is 0 Å². The smallest absolute Gasteiger partial charge is 0.266 e. The number of nitrogens with zero attached hydrogens (tertiary/aromatic N) is 1. The second-order valence-electron chi connectivity index (χ2n) is 3.43. The summed E-state index contributed by atoms with van der Waals surface area (Å²) in [6, 6.07) is 11.8. The molecule has 0 aliphatic rings. The minimum absolute atomic E-state index is 0.168. The van der Waals surface area contributed by atoms with Crippen molar-refractivity contribution in [3.63, 3.8) is 0 Å². The lowest BCUT2D eigenvalue weighted by atomic mass is 10.1. The van der Waals surface area contributed by atoms with Gasteiger partial charge < -0.3 is 4.98 Å². The summed E-state index contributed by atoms with van der Waals surface area (Å²) in [5.41, 5.74) is 1.45. The molecule has 0 bridgehead atoms. The van der Waals surface area contributed by atoms with Gasteiger partial charge in [0.1, 0.15) is 0 Å². The Balaban J connectivity index is 2.63. The summed E-state index contributed by atoms with van der Waals surface area (Å²) in [7, 11) is 0. The Kier molecular flexibility index (Phi) is 1.59. The maximum atomic E-state index is 11.2. The fourth-order valence-electron chi connectivity index (χ4n) is 1.78. The van der Waals surface area contributed by atoms with Gasteiger partial charge in [-0.3, -0.25) is 4.79 Å². The Morgan fingerprint density at radius 2 is 1.93 bits per heavy atom. The zero-order valence-electron chi connectivity index (χ0n) is 7.90. The highest BCUT2D eigenvalue weighted by Crippen LogP contribution is 2.20. The summed E-state index contributed by atoms with van der Waals surface area (Å²) >= 11 is 0. The molecule has 15 heavy (non-hydrogen) atoms. The first-order chi connectivity index (χ1) is 7.34. The van der Waals surface area contributed by atoms with Gasteiger partial charge in [-0.25, -0.2) is 4.98 Å². The SMILES string of the molecule is O=c1cnc2ccc3ccccc3c2[nH]1. The lowest BCUT2D eigenvalue weighted by Gasteiger charge is -2.01. The van der Waals surface area contributed by atoms with Crippen LogP contribution in [0.3, 0.4) is 0 Å². The number of nitrogens with one attached hydrogen (secondary N) is 1. The first-order valence-corrected chi connectivity index (χ1v) is 4.71. The summed E-state index contributed by atoms with van der Waals surface area (Å²) in [5.74, 6) is 0. The fraction of sp³-hybridized carbons (Fsp3) is 0. The van der Waals surface area contributed by atoms with Crippen molar-refractivity contribution in [2.24, 2.45) is 0 Å². The van der Waals surface area contributed by atoms with Crippen molar-refractivity contribution in [2.45, 2.75) is 0 Å². The highest BCUT2D eigenvalue weighted by molar-refractivity contribution is 6.03. The van der Waals surface area contributed by atoms with Crippen LogP contribution in [0.4, 0.5) is 0 Å². The van der Waals surface area contributed by atoms with E-state index in [1.807, 2.05) is 36.4 Å². The van der Waals surface area contributed by atoms with Crippen LogP contribution in [0.5, 0.6) is 0 Å². The Morgan fingerprint density at radius 1 is 1.07 bits per heavy atom. The maximum Gasteiger partial charge on any atom is 0.266 e. The fourth-order valence-corrected chi connectivity index (χ4v) is 1.78. The predicted octanol–water partition coefficient (Wildman–Crippen LogP) is 2.08. The molecule has 2 aromatic carbocycles. The van der Waals surface area contributed by atoms with E-state index in [1.165, 1.54) is 6.20 Å². The van der Waals surface area contributed by atoms with Gasteiger partial charge >= 0.3 is 0 Å². The zero-order chi connectivity index (χ0) is 10.3. The van der Waals surface area contributed by atoms with Crippen molar-refractivity contribution in [2.75, 3.05) is 0 Å². The number of aromatic nitrogens is 2. The van der Waals surface area contributed by atoms with Gasteiger partial charge in [0.05, 0.1) is 17.2 Å². The summed E-state index contributed by atoms with van der Waals surface area (Å²) < 4.78 is 0. The van der Waals surface area contributed by atoms with Crippen LogP contribution in [0.15, 0.2) is 47.4 Å². The lowest BCUT2D eigenvalue weighted by molar-refractivity contribution is 1.22. The Labute approximate surface area is 85.4 Å². The molecule has 0 unspecified atom stereocenters. The molecule has 1 aromatic heterocycles. The molecule has 3 heteroatoms. The molecule has 0 radical (unpaired) electrons. The summed E-state index contributed by atoms with van der Waals surface area (Å²) in [6.45, 7) is 0. The second kappa shape index (κ2) is 2.92. The number of hydrogen-bond donors (Lipinski definition) is 1. The number of hydrogen-bond acceptors (Lipinski definition) is 2. The number of H-pyrrole nitrogens is 1. The molecule has 3 rings (SSSR count). The van der Waals surface area contributed by atoms with E-state index in [-0.39, 0.29) is 5.56 Å². The van der Waals surface area contributed by atoms with E-state index < -0.39 is 0 Å². The van der Waals surface area contributed by atoms with Crippen molar-refractivity contribution >= 4 is 21.8 Å². The van der Waals surface area contributed by atoms with Crippen LogP contribution in [0.2, 0.25) is 0 Å². The molecule has 0 aliphatic heterocycles. The number of benzene rings is 2. The molecule has 1 N–H and O–H groups in total. The minimum Gasteiger partial charge on any atom is -0.319 e. The molecule has 3 nitrogen and oxygen atoms in total. The normalized spacial score (nSPS) is 10.9. The van der Waals surface area contributed by atoms with Gasteiger partial charge in [-0.15, -0.1) is 0 Å². The van der Waals surface area contributed by atoms with E-state index in [0.29, 0.717) is 0 Å². The summed E-state index contributed by atoms with van der Waals surface area (Å²) in [6.07, 6.45) is 1.30. The lowest BCUT2D eigenvalue weighted by Crippen LogP contribution is -2.04. The molecule has 3 aromatic rings. The zero-order valence-corrected chi connectivity index (χ0v) is 7.90. The van der Waals surface area contributed by atoms with Crippen molar-refractivity contribution < 1.29 is 0 Å². The van der Waals surface area contributed by atoms with Gasteiger partial charge in [0.25, 0.3) is 5.56 Å². The van der Waals surface area contributed by atoms with Gasteiger partial charge in [-0.1, -0.05) is 30.3 Å². The summed E-state index contributed by atoms with van der Waals surface area (Å²) in [5, 5.41) is 2.13.